The molecule has 3 aromatic rings. The van der Waals surface area contributed by atoms with Crippen LogP contribution in [0, 0.1) is 5.82 Å². The molecule has 2 heterocycles. The molecule has 1 aromatic heterocycles. The van der Waals surface area contributed by atoms with E-state index in [1.54, 1.807) is 6.07 Å². The fourth-order valence-corrected chi connectivity index (χ4v) is 8.39. The lowest BCUT2D eigenvalue weighted by Crippen LogP contribution is -2.54. The normalized spacial score (nSPS) is 20.5. The Morgan fingerprint density at radius 2 is 1.88 bits per heavy atom. The van der Waals surface area contributed by atoms with Crippen LogP contribution >= 0.6 is 0 Å². The van der Waals surface area contributed by atoms with Crippen LogP contribution < -0.4 is 13.9 Å². The second-order valence-corrected chi connectivity index (χ2v) is 14.4. The highest BCUT2D eigenvalue weighted by molar-refractivity contribution is 7.92. The lowest BCUT2D eigenvalue weighted by molar-refractivity contribution is -0.137. The van der Waals surface area contributed by atoms with Gasteiger partial charge < -0.3 is 24.0 Å². The topological polar surface area (TPSA) is 97.3 Å². The largest absolute Gasteiger partial charge is 0.496 e. The van der Waals surface area contributed by atoms with Crippen molar-refractivity contribution >= 4 is 21.5 Å². The molecule has 0 saturated heterocycles. The van der Waals surface area contributed by atoms with Gasteiger partial charge in [-0.15, -0.1) is 0 Å². The number of aromatic nitrogens is 2. The molecule has 3 atom stereocenters. The predicted octanol–water partition coefficient (Wildman–Crippen LogP) is 6.05. The van der Waals surface area contributed by atoms with E-state index in [4.69, 9.17) is 14.2 Å². The number of sulfonamides is 1. The van der Waals surface area contributed by atoms with Crippen LogP contribution in [0.5, 0.6) is 5.75 Å². The summed E-state index contributed by atoms with van der Waals surface area (Å²) >= 11 is 0. The number of hydrogen-bond donors (Lipinski definition) is 0. The maximum atomic E-state index is 16.3. The summed E-state index contributed by atoms with van der Waals surface area (Å²) in [7, 11) is 2.08. The highest BCUT2D eigenvalue weighted by Gasteiger charge is 2.40. The number of halogens is 4. The van der Waals surface area contributed by atoms with Gasteiger partial charge in [-0.05, 0) is 56.6 Å². The van der Waals surface area contributed by atoms with Gasteiger partial charge >= 0.3 is 6.18 Å². The first-order valence-electron chi connectivity index (χ1n) is 16.2. The Morgan fingerprint density at radius 3 is 2.57 bits per heavy atom. The standard InChI is InChI=1S/C36H37F4N5O5S/c1-43(2)30-17-24(23-6-5-7-26(16-23)36(38,39)40)9-11-29(30)44-14-15-50-33-20-34(28(37)19-31(33)44)51(46,47)45(35-12-13-41-22-42-35)21-25-8-10-27(48-3)18-32(25)49-4/h5-7,12-13,16,18-20,22,24,29-30H,9,11,14-15,17,21H2,1-4H3/t24-,29?,30-/m0/s1. The molecule has 1 aliphatic heterocycles. The summed E-state index contributed by atoms with van der Waals surface area (Å²) in [6, 6.07) is 9.01. The SMILES string of the molecule is COC1=C=C=C(CN(c2ccncn2)S(=O)(=O)c2cc3c(cc2F)N(C2CC[C@H](c4cccc(C(F)(F)F)c4)C[C@@H]2N(C)C)CCO3)C(OC)=C1. The Balaban J connectivity index is 1.32. The molecule has 6 rings (SSSR count). The number of rotatable bonds is 10. The fraction of sp³-hybridized carbons (Fsp3) is 0.389. The first-order valence-corrected chi connectivity index (χ1v) is 17.7. The van der Waals surface area contributed by atoms with E-state index in [0.717, 1.165) is 10.4 Å². The van der Waals surface area contributed by atoms with Crippen molar-refractivity contribution in [3.05, 3.63) is 107 Å². The van der Waals surface area contributed by atoms with E-state index in [9.17, 15) is 21.6 Å². The van der Waals surface area contributed by atoms with Crippen molar-refractivity contribution in [2.75, 3.05) is 57.2 Å². The summed E-state index contributed by atoms with van der Waals surface area (Å²) in [6.45, 7) is 0.305. The van der Waals surface area contributed by atoms with Gasteiger partial charge in [-0.2, -0.15) is 13.2 Å². The molecule has 0 bridgehead atoms. The summed E-state index contributed by atoms with van der Waals surface area (Å²) in [6.07, 6.45) is 1.47. The highest BCUT2D eigenvalue weighted by Crippen LogP contribution is 2.44. The van der Waals surface area contributed by atoms with Crippen LogP contribution in [0.15, 0.2) is 94.5 Å². The number of benzene rings is 2. The van der Waals surface area contributed by atoms with E-state index in [0.29, 0.717) is 48.4 Å². The average molecular weight is 728 g/mol. The average Bonchev–Trinajstić information content (AvgIpc) is 3.13. The Kier molecular flexibility index (Phi) is 10.2. The van der Waals surface area contributed by atoms with Crippen molar-refractivity contribution < 1.29 is 40.2 Å². The quantitative estimate of drug-likeness (QED) is 0.183. The molecule has 0 N–H and O–H groups in total. The molecule has 0 radical (unpaired) electrons. The monoisotopic (exact) mass is 727 g/mol. The summed E-state index contributed by atoms with van der Waals surface area (Å²) < 4.78 is 103. The molecule has 0 amide bonds. The molecule has 270 valence electrons. The molecule has 1 fully saturated rings. The van der Waals surface area contributed by atoms with E-state index < -0.39 is 32.5 Å². The van der Waals surface area contributed by atoms with Gasteiger partial charge in [0.2, 0.25) is 0 Å². The van der Waals surface area contributed by atoms with Crippen molar-refractivity contribution in [1.82, 2.24) is 14.9 Å². The number of anilines is 2. The molecular weight excluding hydrogens is 690 g/mol. The van der Waals surface area contributed by atoms with Crippen LogP contribution in [-0.2, 0) is 25.7 Å². The summed E-state index contributed by atoms with van der Waals surface area (Å²) in [5.74, 6) is -0.295. The molecule has 2 aliphatic carbocycles. The van der Waals surface area contributed by atoms with Gasteiger partial charge in [0, 0.05) is 42.6 Å². The molecular formula is C36H37F4N5O5S. The minimum absolute atomic E-state index is 0.0118. The van der Waals surface area contributed by atoms with Crippen LogP contribution in [0.3, 0.4) is 0 Å². The third kappa shape index (κ3) is 7.34. The zero-order valence-electron chi connectivity index (χ0n) is 28.4. The molecule has 15 heteroatoms. The summed E-state index contributed by atoms with van der Waals surface area (Å²) in [5, 5.41) is 0. The number of likely N-dealkylation sites (N-methyl/N-ethyl adjacent to an activating group) is 1. The number of fused-ring (bicyclic) bond motifs is 1. The van der Waals surface area contributed by atoms with E-state index in [-0.39, 0.29) is 48.5 Å². The fourth-order valence-electron chi connectivity index (χ4n) is 6.93. The molecule has 51 heavy (non-hydrogen) atoms. The summed E-state index contributed by atoms with van der Waals surface area (Å²) in [4.78, 5) is 11.5. The summed E-state index contributed by atoms with van der Waals surface area (Å²) in [5.41, 5.74) is 6.33. The maximum Gasteiger partial charge on any atom is 0.416 e. The van der Waals surface area contributed by atoms with E-state index in [1.165, 1.54) is 63.2 Å². The molecule has 1 saturated carbocycles. The van der Waals surface area contributed by atoms with Gasteiger partial charge in [0.25, 0.3) is 10.0 Å². The Bertz CT molecular complexity index is 2030. The predicted molar refractivity (Wildman–Crippen MR) is 181 cm³/mol. The molecule has 3 aliphatic rings. The second-order valence-electron chi connectivity index (χ2n) is 12.6. The van der Waals surface area contributed by atoms with Crippen LogP contribution in [0.1, 0.15) is 36.3 Å². The van der Waals surface area contributed by atoms with Gasteiger partial charge in [0.15, 0.2) is 5.76 Å². The minimum atomic E-state index is -4.62. The lowest BCUT2D eigenvalue weighted by atomic mass is 9.77. The first kappa shape index (κ1) is 36.0. The molecule has 2 aromatic carbocycles. The van der Waals surface area contributed by atoms with Crippen molar-refractivity contribution in [3.8, 4) is 5.75 Å². The van der Waals surface area contributed by atoms with Crippen LogP contribution in [0.4, 0.5) is 29.1 Å². The number of hydrogen-bond acceptors (Lipinski definition) is 9. The second kappa shape index (κ2) is 14.4. The number of alkyl halides is 3. The minimum Gasteiger partial charge on any atom is -0.496 e. The van der Waals surface area contributed by atoms with Gasteiger partial charge in [0.1, 0.15) is 41.0 Å². The highest BCUT2D eigenvalue weighted by atomic mass is 32.2. The van der Waals surface area contributed by atoms with Crippen molar-refractivity contribution in [3.63, 3.8) is 0 Å². The van der Waals surface area contributed by atoms with Crippen LogP contribution in [0.2, 0.25) is 0 Å². The van der Waals surface area contributed by atoms with Gasteiger partial charge in [0.05, 0.1) is 44.1 Å². The molecule has 10 nitrogen and oxygen atoms in total. The Morgan fingerprint density at radius 1 is 1.08 bits per heavy atom. The van der Waals surface area contributed by atoms with Gasteiger partial charge in [-0.3, -0.25) is 0 Å². The van der Waals surface area contributed by atoms with E-state index in [2.05, 4.69) is 21.4 Å². The third-order valence-corrected chi connectivity index (χ3v) is 11.2. The number of ether oxygens (including phenoxy) is 3. The van der Waals surface area contributed by atoms with Crippen molar-refractivity contribution in [2.24, 2.45) is 0 Å². The Labute approximate surface area is 294 Å². The van der Waals surface area contributed by atoms with Crippen LogP contribution in [0.25, 0.3) is 0 Å². The van der Waals surface area contributed by atoms with Gasteiger partial charge in [-0.1, -0.05) is 23.9 Å². The number of methoxy groups -OCH3 is 2. The number of nitrogens with zero attached hydrogens (tertiary/aromatic N) is 5. The number of allylic oxidation sites excluding steroid dienone is 1. The lowest BCUT2D eigenvalue weighted by Gasteiger charge is -2.47. The Hall–Kier alpha value is -4.81. The van der Waals surface area contributed by atoms with Crippen molar-refractivity contribution in [1.29, 1.82) is 0 Å². The zero-order chi connectivity index (χ0) is 36.5. The smallest absolute Gasteiger partial charge is 0.416 e. The van der Waals surface area contributed by atoms with E-state index >= 15 is 4.39 Å². The third-order valence-electron chi connectivity index (χ3n) is 9.47. The van der Waals surface area contributed by atoms with Crippen molar-refractivity contribution in [2.45, 2.75) is 48.3 Å². The molecule has 0 spiro atoms. The molecule has 1 unspecified atom stereocenters. The van der Waals surface area contributed by atoms with Crippen LogP contribution in [-0.4, -0.2) is 83.4 Å². The van der Waals surface area contributed by atoms with Gasteiger partial charge in [-0.25, -0.2) is 27.1 Å². The van der Waals surface area contributed by atoms with E-state index in [1.807, 2.05) is 23.9 Å². The zero-order valence-corrected chi connectivity index (χ0v) is 29.3. The first-order chi connectivity index (χ1) is 24.3. The maximum absolute atomic E-state index is 16.3.